The largest absolute Gasteiger partial charge is 0.337 e. The molecule has 0 radical (unpaired) electrons. The van der Waals surface area contributed by atoms with Gasteiger partial charge in [-0.1, -0.05) is 12.2 Å². The second kappa shape index (κ2) is 5.47. The van der Waals surface area contributed by atoms with Gasteiger partial charge in [0, 0.05) is 25.7 Å². The van der Waals surface area contributed by atoms with Gasteiger partial charge < -0.3 is 4.57 Å². The first-order valence-corrected chi connectivity index (χ1v) is 6.69. The number of imidazole rings is 1. The van der Waals surface area contributed by atoms with Crippen LogP contribution in [0.4, 0.5) is 0 Å². The molecular formula is C9H14ClN3O2S. The van der Waals surface area contributed by atoms with Crippen LogP contribution in [0.3, 0.4) is 0 Å². The fourth-order valence-corrected chi connectivity index (χ4v) is 2.17. The van der Waals surface area contributed by atoms with Gasteiger partial charge in [-0.15, -0.1) is 11.6 Å². The number of sulfonamides is 1. The van der Waals surface area contributed by atoms with Crippen LogP contribution in [0.15, 0.2) is 23.4 Å². The summed E-state index contributed by atoms with van der Waals surface area (Å²) in [5.41, 5.74) is 0. The fraction of sp³-hybridized carbons (Fsp3) is 0.444. The van der Waals surface area contributed by atoms with Crippen molar-refractivity contribution < 1.29 is 8.42 Å². The van der Waals surface area contributed by atoms with Gasteiger partial charge in [-0.05, 0) is 6.92 Å². The van der Waals surface area contributed by atoms with Crippen LogP contribution >= 0.6 is 11.6 Å². The van der Waals surface area contributed by atoms with Crippen LogP contribution in [0.2, 0.25) is 0 Å². The van der Waals surface area contributed by atoms with Crippen molar-refractivity contribution in [3.05, 3.63) is 24.2 Å². The highest BCUT2D eigenvalue weighted by molar-refractivity contribution is 7.89. The van der Waals surface area contributed by atoms with E-state index in [2.05, 4.69) is 9.71 Å². The van der Waals surface area contributed by atoms with Crippen LogP contribution in [-0.4, -0.2) is 30.4 Å². The average Bonchev–Trinajstić information content (AvgIpc) is 2.55. The molecule has 1 rings (SSSR count). The zero-order valence-corrected chi connectivity index (χ0v) is 10.7. The minimum Gasteiger partial charge on any atom is -0.337 e. The van der Waals surface area contributed by atoms with E-state index in [9.17, 15) is 8.42 Å². The number of allylic oxidation sites excluding steroid dienone is 1. The molecule has 0 fully saturated rings. The van der Waals surface area contributed by atoms with Gasteiger partial charge in [0.1, 0.15) is 5.82 Å². The molecule has 0 saturated carbocycles. The van der Waals surface area contributed by atoms with E-state index in [1.807, 2.05) is 0 Å². The average molecular weight is 264 g/mol. The van der Waals surface area contributed by atoms with Gasteiger partial charge >= 0.3 is 0 Å². The third-order valence-corrected chi connectivity index (χ3v) is 3.48. The Balaban J connectivity index is 2.74. The lowest BCUT2D eigenvalue weighted by molar-refractivity contribution is 0.582. The number of halogens is 1. The van der Waals surface area contributed by atoms with Crippen molar-refractivity contribution in [1.29, 1.82) is 0 Å². The Morgan fingerprint density at radius 1 is 1.56 bits per heavy atom. The van der Waals surface area contributed by atoms with E-state index in [1.54, 1.807) is 30.7 Å². The SMILES string of the molecule is Cc1nc(S(=O)(=O)NC/C=C/CCl)cn1C. The maximum atomic E-state index is 11.7. The van der Waals surface area contributed by atoms with Gasteiger partial charge in [0.05, 0.1) is 0 Å². The zero-order chi connectivity index (χ0) is 12.2. The second-order valence-corrected chi connectivity index (χ2v) is 5.24. The zero-order valence-electron chi connectivity index (χ0n) is 9.14. The quantitative estimate of drug-likeness (QED) is 0.631. The normalized spacial score (nSPS) is 12.4. The van der Waals surface area contributed by atoms with Gasteiger partial charge in [0.15, 0.2) is 5.03 Å². The molecule has 1 N–H and O–H groups in total. The number of hydrogen-bond acceptors (Lipinski definition) is 3. The molecule has 1 aromatic heterocycles. The Bertz CT molecular complexity index is 459. The summed E-state index contributed by atoms with van der Waals surface area (Å²) in [6.07, 6.45) is 4.80. The number of rotatable bonds is 5. The summed E-state index contributed by atoms with van der Waals surface area (Å²) >= 11 is 5.41. The summed E-state index contributed by atoms with van der Waals surface area (Å²) in [5, 5.41) is 0.0340. The number of alkyl halides is 1. The summed E-state index contributed by atoms with van der Waals surface area (Å²) < 4.78 is 27.5. The van der Waals surface area contributed by atoms with Crippen LogP contribution in [0.1, 0.15) is 5.82 Å². The van der Waals surface area contributed by atoms with E-state index < -0.39 is 10.0 Å². The van der Waals surface area contributed by atoms with Crippen molar-refractivity contribution in [3.63, 3.8) is 0 Å². The van der Waals surface area contributed by atoms with Crippen molar-refractivity contribution in [3.8, 4) is 0 Å². The highest BCUT2D eigenvalue weighted by Gasteiger charge is 2.16. The van der Waals surface area contributed by atoms with Crippen LogP contribution in [0.5, 0.6) is 0 Å². The van der Waals surface area contributed by atoms with Gasteiger partial charge in [-0.3, -0.25) is 0 Å². The van der Waals surface area contributed by atoms with E-state index in [1.165, 1.54) is 6.20 Å². The minimum atomic E-state index is -3.52. The molecule has 5 nitrogen and oxygen atoms in total. The summed E-state index contributed by atoms with van der Waals surface area (Å²) in [4.78, 5) is 3.94. The second-order valence-electron chi connectivity index (χ2n) is 3.21. The molecule has 0 unspecified atom stereocenters. The highest BCUT2D eigenvalue weighted by Crippen LogP contribution is 2.06. The molecule has 0 aliphatic heterocycles. The Labute approximate surface area is 100 Å². The van der Waals surface area contributed by atoms with E-state index in [0.717, 1.165) is 0 Å². The molecule has 7 heteroatoms. The Kier molecular flexibility index (Phi) is 4.52. The first kappa shape index (κ1) is 13.2. The predicted octanol–water partition coefficient (Wildman–Crippen LogP) is 0.802. The number of aromatic nitrogens is 2. The molecule has 1 heterocycles. The third-order valence-electron chi connectivity index (χ3n) is 2.01. The lowest BCUT2D eigenvalue weighted by Gasteiger charge is -1.99. The van der Waals surface area contributed by atoms with Crippen molar-refractivity contribution in [2.45, 2.75) is 11.9 Å². The molecule has 0 spiro atoms. The van der Waals surface area contributed by atoms with E-state index in [-0.39, 0.29) is 11.6 Å². The van der Waals surface area contributed by atoms with Crippen LogP contribution in [0.25, 0.3) is 0 Å². The minimum absolute atomic E-state index is 0.0340. The monoisotopic (exact) mass is 263 g/mol. The summed E-state index contributed by atoms with van der Waals surface area (Å²) in [6, 6.07) is 0. The van der Waals surface area contributed by atoms with Crippen molar-refractivity contribution in [2.24, 2.45) is 7.05 Å². The van der Waals surface area contributed by atoms with Crippen molar-refractivity contribution in [2.75, 3.05) is 12.4 Å². The summed E-state index contributed by atoms with van der Waals surface area (Å²) in [6.45, 7) is 1.96. The predicted molar refractivity (Wildman–Crippen MR) is 63.0 cm³/mol. The Morgan fingerprint density at radius 2 is 2.25 bits per heavy atom. The molecule has 0 aromatic carbocycles. The van der Waals surface area contributed by atoms with E-state index >= 15 is 0 Å². The third kappa shape index (κ3) is 3.33. The van der Waals surface area contributed by atoms with Crippen molar-refractivity contribution >= 4 is 21.6 Å². The number of hydrogen-bond donors (Lipinski definition) is 1. The lowest BCUT2D eigenvalue weighted by Crippen LogP contribution is -2.24. The molecular weight excluding hydrogens is 250 g/mol. The van der Waals surface area contributed by atoms with E-state index in [0.29, 0.717) is 11.7 Å². The highest BCUT2D eigenvalue weighted by atomic mass is 35.5. The van der Waals surface area contributed by atoms with Crippen LogP contribution < -0.4 is 4.72 Å². The molecule has 0 bridgehead atoms. The smallest absolute Gasteiger partial charge is 0.259 e. The summed E-state index contributed by atoms with van der Waals surface area (Å²) in [5.74, 6) is 1.02. The van der Waals surface area contributed by atoms with Gasteiger partial charge in [0.25, 0.3) is 10.0 Å². The number of aryl methyl sites for hydroxylation is 2. The van der Waals surface area contributed by atoms with E-state index in [4.69, 9.17) is 11.6 Å². The number of nitrogens with zero attached hydrogens (tertiary/aromatic N) is 2. The molecule has 1 aromatic rings. The molecule has 0 atom stereocenters. The van der Waals surface area contributed by atoms with Crippen LogP contribution in [-0.2, 0) is 17.1 Å². The van der Waals surface area contributed by atoms with Gasteiger partial charge in [-0.25, -0.2) is 18.1 Å². The lowest BCUT2D eigenvalue weighted by atomic mass is 10.5. The molecule has 16 heavy (non-hydrogen) atoms. The van der Waals surface area contributed by atoms with Crippen molar-refractivity contribution in [1.82, 2.24) is 14.3 Å². The van der Waals surface area contributed by atoms with Gasteiger partial charge in [0.2, 0.25) is 0 Å². The molecule has 90 valence electrons. The Hall–Kier alpha value is -0.850. The Morgan fingerprint density at radius 3 is 2.75 bits per heavy atom. The maximum Gasteiger partial charge on any atom is 0.259 e. The molecule has 0 aliphatic carbocycles. The first-order valence-electron chi connectivity index (χ1n) is 4.68. The first-order chi connectivity index (χ1) is 7.47. The van der Waals surface area contributed by atoms with Gasteiger partial charge in [-0.2, -0.15) is 0 Å². The standard InChI is InChI=1S/C9H14ClN3O2S/c1-8-12-9(7-13(8)2)16(14,15)11-6-4-3-5-10/h3-4,7,11H,5-6H2,1-2H3/b4-3+. The number of nitrogens with one attached hydrogen (secondary N) is 1. The fourth-order valence-electron chi connectivity index (χ4n) is 1.03. The summed E-state index contributed by atoms with van der Waals surface area (Å²) in [7, 11) is -1.77. The molecule has 0 saturated heterocycles. The topological polar surface area (TPSA) is 64.0 Å². The maximum absolute atomic E-state index is 11.7. The molecule has 0 aliphatic rings. The molecule has 0 amide bonds. The van der Waals surface area contributed by atoms with Crippen LogP contribution in [0, 0.1) is 6.92 Å².